The molecule has 1 fully saturated rings. The van der Waals surface area contributed by atoms with E-state index in [0.29, 0.717) is 30.8 Å². The van der Waals surface area contributed by atoms with Crippen LogP contribution < -0.4 is 10.1 Å². The van der Waals surface area contributed by atoms with Crippen molar-refractivity contribution in [3.63, 3.8) is 0 Å². The number of aryl methyl sites for hydroxylation is 1. The Kier molecular flexibility index (Phi) is 6.92. The molecule has 1 amide bonds. The van der Waals surface area contributed by atoms with Crippen LogP contribution in [0.1, 0.15) is 43.4 Å². The lowest BCUT2D eigenvalue weighted by Crippen LogP contribution is -2.28. The molecule has 0 radical (unpaired) electrons. The molecule has 0 saturated carbocycles. The fourth-order valence-electron chi connectivity index (χ4n) is 3.58. The Morgan fingerprint density at radius 1 is 1.10 bits per heavy atom. The number of amides is 1. The van der Waals surface area contributed by atoms with Gasteiger partial charge in [0, 0.05) is 25.1 Å². The first-order valence-electron chi connectivity index (χ1n) is 9.93. The molecule has 7 heteroatoms. The minimum absolute atomic E-state index is 0.0582. The van der Waals surface area contributed by atoms with Crippen LogP contribution in [0.5, 0.6) is 5.75 Å². The molecule has 1 heterocycles. The Morgan fingerprint density at radius 3 is 2.41 bits per heavy atom. The second kappa shape index (κ2) is 9.41. The number of sulfonamides is 1. The number of methoxy groups -OCH3 is 1. The Balaban J connectivity index is 1.55. The van der Waals surface area contributed by atoms with E-state index < -0.39 is 10.0 Å². The summed E-state index contributed by atoms with van der Waals surface area (Å²) in [5, 5.41) is 2.99. The summed E-state index contributed by atoms with van der Waals surface area (Å²) < 4.78 is 32.0. The Morgan fingerprint density at radius 2 is 1.76 bits per heavy atom. The summed E-state index contributed by atoms with van der Waals surface area (Å²) in [7, 11) is -1.79. The van der Waals surface area contributed by atoms with Crippen LogP contribution in [0.15, 0.2) is 53.4 Å². The average Bonchev–Trinajstić information content (AvgIpc) is 3.28. The molecule has 3 rings (SSSR count). The molecule has 0 aliphatic carbocycles. The van der Waals surface area contributed by atoms with Gasteiger partial charge in [-0.05, 0) is 49.9 Å². The zero-order valence-electron chi connectivity index (χ0n) is 16.9. The van der Waals surface area contributed by atoms with E-state index in [4.69, 9.17) is 4.74 Å². The number of nitrogens with one attached hydrogen (secondary N) is 1. The summed E-state index contributed by atoms with van der Waals surface area (Å²) in [5.41, 5.74) is 1.87. The van der Waals surface area contributed by atoms with Gasteiger partial charge in [0.2, 0.25) is 15.9 Å². The molecule has 0 spiro atoms. The highest BCUT2D eigenvalue weighted by Gasteiger charge is 2.26. The summed E-state index contributed by atoms with van der Waals surface area (Å²) in [5.74, 6) is 0.687. The van der Waals surface area contributed by atoms with Crippen LogP contribution in [0.2, 0.25) is 0 Å². The Labute approximate surface area is 172 Å². The number of carbonyl (C=O) groups excluding carboxylic acids is 1. The highest BCUT2D eigenvalue weighted by Crippen LogP contribution is 2.24. The van der Waals surface area contributed by atoms with Crippen LogP contribution >= 0.6 is 0 Å². The number of nitrogens with zero attached hydrogens (tertiary/aromatic N) is 1. The second-order valence-corrected chi connectivity index (χ2v) is 9.22. The molecule has 1 N–H and O–H groups in total. The number of hydrogen-bond acceptors (Lipinski definition) is 4. The van der Waals surface area contributed by atoms with E-state index in [2.05, 4.69) is 5.32 Å². The molecule has 1 unspecified atom stereocenters. The predicted molar refractivity (Wildman–Crippen MR) is 112 cm³/mol. The molecule has 6 nitrogen and oxygen atoms in total. The summed E-state index contributed by atoms with van der Waals surface area (Å²) in [6.45, 7) is 3.11. The SMILES string of the molecule is COc1ccccc1C(C)NC(=O)CCc1ccc(S(=O)(=O)N2CCCC2)cc1. The van der Waals surface area contributed by atoms with Crippen LogP contribution in [0, 0.1) is 0 Å². The van der Waals surface area contributed by atoms with E-state index in [1.54, 1.807) is 31.4 Å². The lowest BCUT2D eigenvalue weighted by Gasteiger charge is -2.17. The first kappa shape index (κ1) is 21.3. The zero-order chi connectivity index (χ0) is 20.9. The fraction of sp³-hybridized carbons (Fsp3) is 0.409. The zero-order valence-corrected chi connectivity index (χ0v) is 17.7. The molecule has 0 bridgehead atoms. The summed E-state index contributed by atoms with van der Waals surface area (Å²) in [4.78, 5) is 12.7. The minimum Gasteiger partial charge on any atom is -0.496 e. The number of carbonyl (C=O) groups is 1. The lowest BCUT2D eigenvalue weighted by atomic mass is 10.1. The molecule has 1 saturated heterocycles. The molecular formula is C22H28N2O4S. The molecule has 1 aliphatic heterocycles. The van der Waals surface area contributed by atoms with Gasteiger partial charge in [0.05, 0.1) is 18.0 Å². The quantitative estimate of drug-likeness (QED) is 0.717. The summed E-state index contributed by atoms with van der Waals surface area (Å²) in [6, 6.07) is 14.3. The second-order valence-electron chi connectivity index (χ2n) is 7.29. The van der Waals surface area contributed by atoms with Crippen LogP contribution in [0.3, 0.4) is 0 Å². The normalized spacial score (nSPS) is 15.8. The molecule has 156 valence electrons. The number of para-hydroxylation sites is 1. The van der Waals surface area contributed by atoms with Crippen molar-refractivity contribution in [2.24, 2.45) is 0 Å². The van der Waals surface area contributed by atoms with Crippen LogP contribution in [0.4, 0.5) is 0 Å². The minimum atomic E-state index is -3.40. The van der Waals surface area contributed by atoms with Gasteiger partial charge in [-0.1, -0.05) is 30.3 Å². The largest absolute Gasteiger partial charge is 0.496 e. The van der Waals surface area contributed by atoms with E-state index in [0.717, 1.165) is 29.7 Å². The topological polar surface area (TPSA) is 75.7 Å². The number of benzene rings is 2. The third kappa shape index (κ3) is 5.16. The molecule has 0 aromatic heterocycles. The van der Waals surface area contributed by atoms with E-state index in [1.807, 2.05) is 31.2 Å². The van der Waals surface area contributed by atoms with Crippen molar-refractivity contribution in [3.05, 3.63) is 59.7 Å². The molecule has 29 heavy (non-hydrogen) atoms. The predicted octanol–water partition coefficient (Wildman–Crippen LogP) is 3.29. The van der Waals surface area contributed by atoms with Gasteiger partial charge in [0.15, 0.2) is 0 Å². The maximum Gasteiger partial charge on any atom is 0.243 e. The highest BCUT2D eigenvalue weighted by molar-refractivity contribution is 7.89. The van der Waals surface area contributed by atoms with Gasteiger partial charge in [-0.3, -0.25) is 4.79 Å². The average molecular weight is 417 g/mol. The maximum atomic E-state index is 12.6. The first-order valence-corrected chi connectivity index (χ1v) is 11.4. The van der Waals surface area contributed by atoms with E-state index in [1.165, 1.54) is 4.31 Å². The molecule has 1 atom stereocenters. The molecular weight excluding hydrogens is 388 g/mol. The third-order valence-corrected chi connectivity index (χ3v) is 7.16. The van der Waals surface area contributed by atoms with Crippen molar-refractivity contribution < 1.29 is 17.9 Å². The van der Waals surface area contributed by atoms with Crippen molar-refractivity contribution in [2.45, 2.75) is 43.5 Å². The standard InChI is InChI=1S/C22H28N2O4S/c1-17(20-7-3-4-8-21(20)28-2)23-22(25)14-11-18-9-12-19(13-10-18)29(26,27)24-15-5-6-16-24/h3-4,7-10,12-13,17H,5-6,11,14-16H2,1-2H3,(H,23,25). The maximum absolute atomic E-state index is 12.6. The lowest BCUT2D eigenvalue weighted by molar-refractivity contribution is -0.121. The van der Waals surface area contributed by atoms with Crippen LogP contribution in [-0.2, 0) is 21.2 Å². The molecule has 1 aliphatic rings. The van der Waals surface area contributed by atoms with Gasteiger partial charge >= 0.3 is 0 Å². The van der Waals surface area contributed by atoms with Gasteiger partial charge in [-0.15, -0.1) is 0 Å². The number of ether oxygens (including phenoxy) is 1. The van der Waals surface area contributed by atoms with Crippen molar-refractivity contribution in [1.82, 2.24) is 9.62 Å². The van der Waals surface area contributed by atoms with Crippen molar-refractivity contribution >= 4 is 15.9 Å². The van der Waals surface area contributed by atoms with Crippen molar-refractivity contribution in [1.29, 1.82) is 0 Å². The molecule has 2 aromatic carbocycles. The summed E-state index contributed by atoms with van der Waals surface area (Å²) in [6.07, 6.45) is 2.71. The van der Waals surface area contributed by atoms with Gasteiger partial charge in [0.1, 0.15) is 5.75 Å². The number of rotatable bonds is 8. The van der Waals surface area contributed by atoms with Gasteiger partial charge < -0.3 is 10.1 Å². The van der Waals surface area contributed by atoms with Crippen molar-refractivity contribution in [3.8, 4) is 5.75 Å². The Bertz CT molecular complexity index is 936. The van der Waals surface area contributed by atoms with Crippen LogP contribution in [-0.4, -0.2) is 38.8 Å². The van der Waals surface area contributed by atoms with Gasteiger partial charge in [0.25, 0.3) is 0 Å². The highest BCUT2D eigenvalue weighted by atomic mass is 32.2. The monoisotopic (exact) mass is 416 g/mol. The van der Waals surface area contributed by atoms with Crippen LogP contribution in [0.25, 0.3) is 0 Å². The van der Waals surface area contributed by atoms with E-state index >= 15 is 0 Å². The van der Waals surface area contributed by atoms with E-state index in [-0.39, 0.29) is 11.9 Å². The van der Waals surface area contributed by atoms with Crippen molar-refractivity contribution in [2.75, 3.05) is 20.2 Å². The summed E-state index contributed by atoms with van der Waals surface area (Å²) >= 11 is 0. The first-order chi connectivity index (χ1) is 13.9. The fourth-order valence-corrected chi connectivity index (χ4v) is 5.10. The Hall–Kier alpha value is -2.38. The number of hydrogen-bond donors (Lipinski definition) is 1. The van der Waals surface area contributed by atoms with Gasteiger partial charge in [-0.25, -0.2) is 8.42 Å². The molecule has 2 aromatic rings. The van der Waals surface area contributed by atoms with Gasteiger partial charge in [-0.2, -0.15) is 4.31 Å². The third-order valence-electron chi connectivity index (χ3n) is 5.25. The van der Waals surface area contributed by atoms with E-state index in [9.17, 15) is 13.2 Å². The smallest absolute Gasteiger partial charge is 0.243 e.